The highest BCUT2D eigenvalue weighted by molar-refractivity contribution is 5.62. The van der Waals surface area contributed by atoms with E-state index in [4.69, 9.17) is 4.98 Å². The highest BCUT2D eigenvalue weighted by Gasteiger charge is 2.18. The quantitative estimate of drug-likeness (QED) is 0.903. The summed E-state index contributed by atoms with van der Waals surface area (Å²) in [7, 11) is 1.93. The Balaban J connectivity index is 1.93. The van der Waals surface area contributed by atoms with Crippen molar-refractivity contribution in [3.8, 4) is 11.4 Å². The standard InChI is InChI=1S/C16H19N3/c1-17-14-8-4-7-13(11-14)16-18-10-9-15(19-16)12-5-2-3-6-12/h4,7-12,17H,2-3,5-6H2,1H3. The second kappa shape index (κ2) is 5.39. The van der Waals surface area contributed by atoms with Crippen LogP contribution < -0.4 is 5.32 Å². The summed E-state index contributed by atoms with van der Waals surface area (Å²) in [6.45, 7) is 0. The van der Waals surface area contributed by atoms with Crippen molar-refractivity contribution in [2.75, 3.05) is 12.4 Å². The van der Waals surface area contributed by atoms with Crippen LogP contribution in [0.4, 0.5) is 5.69 Å². The number of hydrogen-bond acceptors (Lipinski definition) is 3. The lowest BCUT2D eigenvalue weighted by atomic mass is 10.0. The summed E-state index contributed by atoms with van der Waals surface area (Å²) in [5.74, 6) is 1.47. The van der Waals surface area contributed by atoms with Crippen LogP contribution in [0.25, 0.3) is 11.4 Å². The summed E-state index contributed by atoms with van der Waals surface area (Å²) in [5, 5.41) is 3.15. The zero-order valence-electron chi connectivity index (χ0n) is 11.3. The first-order valence-corrected chi connectivity index (χ1v) is 6.98. The van der Waals surface area contributed by atoms with Crippen molar-refractivity contribution in [3.05, 3.63) is 42.2 Å². The molecule has 1 aliphatic rings. The van der Waals surface area contributed by atoms with Crippen LogP contribution in [0.3, 0.4) is 0 Å². The highest BCUT2D eigenvalue weighted by atomic mass is 14.9. The maximum atomic E-state index is 4.76. The van der Waals surface area contributed by atoms with Crippen molar-refractivity contribution in [1.82, 2.24) is 9.97 Å². The lowest BCUT2D eigenvalue weighted by Gasteiger charge is -2.10. The Labute approximate surface area is 114 Å². The largest absolute Gasteiger partial charge is 0.388 e. The van der Waals surface area contributed by atoms with E-state index in [0.29, 0.717) is 5.92 Å². The average Bonchev–Trinajstić information content (AvgIpc) is 3.02. The third-order valence-corrected chi connectivity index (χ3v) is 3.86. The van der Waals surface area contributed by atoms with Crippen molar-refractivity contribution in [3.63, 3.8) is 0 Å². The van der Waals surface area contributed by atoms with Crippen molar-refractivity contribution in [2.45, 2.75) is 31.6 Å². The molecule has 19 heavy (non-hydrogen) atoms. The summed E-state index contributed by atoms with van der Waals surface area (Å²) in [6, 6.07) is 10.3. The van der Waals surface area contributed by atoms with E-state index in [2.05, 4.69) is 28.5 Å². The fourth-order valence-electron chi connectivity index (χ4n) is 2.77. The summed E-state index contributed by atoms with van der Waals surface area (Å²) in [6.07, 6.45) is 7.10. The third kappa shape index (κ3) is 2.60. The predicted molar refractivity (Wildman–Crippen MR) is 78.2 cm³/mol. The van der Waals surface area contributed by atoms with Crippen molar-refractivity contribution < 1.29 is 0 Å². The zero-order valence-corrected chi connectivity index (χ0v) is 11.3. The van der Waals surface area contributed by atoms with Crippen LogP contribution in [-0.4, -0.2) is 17.0 Å². The molecule has 1 aliphatic carbocycles. The molecular weight excluding hydrogens is 234 g/mol. The fourth-order valence-corrected chi connectivity index (χ4v) is 2.77. The van der Waals surface area contributed by atoms with Crippen LogP contribution in [0.1, 0.15) is 37.3 Å². The maximum Gasteiger partial charge on any atom is 0.159 e. The zero-order chi connectivity index (χ0) is 13.1. The van der Waals surface area contributed by atoms with Crippen molar-refractivity contribution in [1.29, 1.82) is 0 Å². The van der Waals surface area contributed by atoms with Crippen LogP contribution in [0.5, 0.6) is 0 Å². The first-order chi connectivity index (χ1) is 9.36. The molecule has 1 heterocycles. The first kappa shape index (κ1) is 12.2. The van der Waals surface area contributed by atoms with Gasteiger partial charge in [0.2, 0.25) is 0 Å². The Hall–Kier alpha value is -1.90. The van der Waals surface area contributed by atoms with Crippen molar-refractivity contribution >= 4 is 5.69 Å². The van der Waals surface area contributed by atoms with E-state index in [1.807, 2.05) is 25.4 Å². The predicted octanol–water partition coefficient (Wildman–Crippen LogP) is 3.84. The minimum Gasteiger partial charge on any atom is -0.388 e. The number of nitrogens with one attached hydrogen (secondary N) is 1. The smallest absolute Gasteiger partial charge is 0.159 e. The SMILES string of the molecule is CNc1cccc(-c2nccc(C3CCCC3)n2)c1. The van der Waals surface area contributed by atoms with Gasteiger partial charge >= 0.3 is 0 Å². The Morgan fingerprint density at radius 2 is 2.00 bits per heavy atom. The molecule has 98 valence electrons. The lowest BCUT2D eigenvalue weighted by Crippen LogP contribution is -1.99. The van der Waals surface area contributed by atoms with Gasteiger partial charge in [-0.25, -0.2) is 9.97 Å². The van der Waals surface area contributed by atoms with E-state index in [9.17, 15) is 0 Å². The Morgan fingerprint density at radius 3 is 2.79 bits per heavy atom. The summed E-state index contributed by atoms with van der Waals surface area (Å²) >= 11 is 0. The number of anilines is 1. The molecule has 1 aromatic heterocycles. The van der Waals surface area contributed by atoms with Gasteiger partial charge in [0.1, 0.15) is 0 Å². The molecule has 0 radical (unpaired) electrons. The number of benzene rings is 1. The second-order valence-electron chi connectivity index (χ2n) is 5.12. The summed E-state index contributed by atoms with van der Waals surface area (Å²) in [4.78, 5) is 9.18. The van der Waals surface area contributed by atoms with Gasteiger partial charge in [-0.2, -0.15) is 0 Å². The number of rotatable bonds is 3. The molecule has 3 rings (SSSR count). The lowest BCUT2D eigenvalue weighted by molar-refractivity contribution is 0.695. The van der Waals surface area contributed by atoms with Gasteiger partial charge in [0.25, 0.3) is 0 Å². The molecule has 1 aromatic carbocycles. The topological polar surface area (TPSA) is 37.8 Å². The van der Waals surface area contributed by atoms with Gasteiger partial charge in [0.05, 0.1) is 0 Å². The van der Waals surface area contributed by atoms with E-state index in [1.165, 1.54) is 31.4 Å². The fraction of sp³-hybridized carbons (Fsp3) is 0.375. The highest BCUT2D eigenvalue weighted by Crippen LogP contribution is 2.33. The van der Waals surface area contributed by atoms with Gasteiger partial charge in [0.15, 0.2) is 5.82 Å². The first-order valence-electron chi connectivity index (χ1n) is 6.98. The molecule has 0 saturated heterocycles. The normalized spacial score (nSPS) is 15.6. The second-order valence-corrected chi connectivity index (χ2v) is 5.12. The van der Waals surface area contributed by atoms with E-state index >= 15 is 0 Å². The molecule has 1 N–H and O–H groups in total. The summed E-state index contributed by atoms with van der Waals surface area (Å²) < 4.78 is 0. The minimum absolute atomic E-state index is 0.634. The van der Waals surface area contributed by atoms with Gasteiger partial charge in [-0.1, -0.05) is 25.0 Å². The molecule has 0 unspecified atom stereocenters. The Bertz CT molecular complexity index is 559. The van der Waals surface area contributed by atoms with E-state index in [1.54, 1.807) is 0 Å². The molecule has 2 aromatic rings. The molecule has 0 aliphatic heterocycles. The van der Waals surface area contributed by atoms with Gasteiger partial charge in [-0.15, -0.1) is 0 Å². The van der Waals surface area contributed by atoms with E-state index in [0.717, 1.165) is 17.1 Å². The monoisotopic (exact) mass is 253 g/mol. The summed E-state index contributed by atoms with van der Waals surface area (Å²) in [5.41, 5.74) is 3.37. The molecule has 1 fully saturated rings. The number of aromatic nitrogens is 2. The molecule has 0 amide bonds. The Kier molecular flexibility index (Phi) is 3.45. The van der Waals surface area contributed by atoms with Crippen LogP contribution in [0, 0.1) is 0 Å². The van der Waals surface area contributed by atoms with Crippen LogP contribution >= 0.6 is 0 Å². The van der Waals surface area contributed by atoms with E-state index in [-0.39, 0.29) is 0 Å². The van der Waals surface area contributed by atoms with Gasteiger partial charge in [-0.3, -0.25) is 0 Å². The van der Waals surface area contributed by atoms with Crippen LogP contribution in [0.15, 0.2) is 36.5 Å². The van der Waals surface area contributed by atoms with Gasteiger partial charge in [-0.05, 0) is 31.0 Å². The number of hydrogen-bond donors (Lipinski definition) is 1. The average molecular weight is 253 g/mol. The molecule has 3 heteroatoms. The van der Waals surface area contributed by atoms with Gasteiger partial charge < -0.3 is 5.32 Å². The molecule has 0 bridgehead atoms. The van der Waals surface area contributed by atoms with E-state index < -0.39 is 0 Å². The molecule has 1 saturated carbocycles. The molecule has 0 spiro atoms. The number of nitrogens with zero attached hydrogens (tertiary/aromatic N) is 2. The third-order valence-electron chi connectivity index (χ3n) is 3.86. The van der Waals surface area contributed by atoms with Crippen LogP contribution in [0.2, 0.25) is 0 Å². The van der Waals surface area contributed by atoms with Crippen molar-refractivity contribution in [2.24, 2.45) is 0 Å². The van der Waals surface area contributed by atoms with Gasteiger partial charge in [0, 0.05) is 36.1 Å². The molecule has 3 nitrogen and oxygen atoms in total. The maximum absolute atomic E-state index is 4.76. The molecule has 0 atom stereocenters. The van der Waals surface area contributed by atoms with Crippen LogP contribution in [-0.2, 0) is 0 Å². The minimum atomic E-state index is 0.634. The Morgan fingerprint density at radius 1 is 1.16 bits per heavy atom. The molecular formula is C16H19N3.